The van der Waals surface area contributed by atoms with Crippen molar-refractivity contribution >= 4 is 5.78 Å². The molecule has 0 unspecified atom stereocenters. The van der Waals surface area contributed by atoms with Crippen LogP contribution in [0.3, 0.4) is 0 Å². The predicted molar refractivity (Wildman–Crippen MR) is 72.1 cm³/mol. The van der Waals surface area contributed by atoms with Gasteiger partial charge in [0, 0.05) is 17.7 Å². The Morgan fingerprint density at radius 1 is 1.22 bits per heavy atom. The van der Waals surface area contributed by atoms with Crippen molar-refractivity contribution in [1.29, 1.82) is 0 Å². The minimum absolute atomic E-state index is 0.204. The SMILES string of the molecule is Cc1ccccc1[C@@H]1C=CC2=C(CCCC2=O)N1. The van der Waals surface area contributed by atoms with Gasteiger partial charge < -0.3 is 5.32 Å². The summed E-state index contributed by atoms with van der Waals surface area (Å²) >= 11 is 0. The van der Waals surface area contributed by atoms with Crippen molar-refractivity contribution < 1.29 is 4.79 Å². The third-order valence-corrected chi connectivity index (χ3v) is 3.76. The molecule has 0 bridgehead atoms. The van der Waals surface area contributed by atoms with Gasteiger partial charge in [0.25, 0.3) is 0 Å². The summed E-state index contributed by atoms with van der Waals surface area (Å²) in [6.07, 6.45) is 6.77. The summed E-state index contributed by atoms with van der Waals surface area (Å²) < 4.78 is 0. The van der Waals surface area contributed by atoms with E-state index in [1.165, 1.54) is 11.1 Å². The molecule has 92 valence electrons. The van der Waals surface area contributed by atoms with Crippen LogP contribution in [0.2, 0.25) is 0 Å². The number of hydrogen-bond donors (Lipinski definition) is 1. The lowest BCUT2D eigenvalue weighted by Crippen LogP contribution is -2.28. The number of benzene rings is 1. The van der Waals surface area contributed by atoms with Gasteiger partial charge in [-0.1, -0.05) is 36.4 Å². The molecule has 2 nitrogen and oxygen atoms in total. The zero-order valence-electron chi connectivity index (χ0n) is 10.6. The van der Waals surface area contributed by atoms with Crippen molar-refractivity contribution in [2.45, 2.75) is 32.2 Å². The number of carbonyl (C=O) groups is 1. The number of Topliss-reactive ketones (excluding diaryl/α,β-unsaturated/α-hetero) is 1. The molecule has 0 saturated carbocycles. The summed E-state index contributed by atoms with van der Waals surface area (Å²) in [6, 6.07) is 8.60. The van der Waals surface area contributed by atoms with Crippen LogP contribution in [-0.4, -0.2) is 5.78 Å². The number of carbonyl (C=O) groups excluding carboxylic acids is 1. The molecule has 1 aliphatic heterocycles. The van der Waals surface area contributed by atoms with E-state index in [1.807, 2.05) is 6.08 Å². The van der Waals surface area contributed by atoms with Gasteiger partial charge in [-0.2, -0.15) is 0 Å². The number of rotatable bonds is 1. The molecule has 0 radical (unpaired) electrons. The summed E-state index contributed by atoms with van der Waals surface area (Å²) in [6.45, 7) is 2.13. The minimum atomic E-state index is 0.204. The predicted octanol–water partition coefficient (Wildman–Crippen LogP) is 3.20. The van der Waals surface area contributed by atoms with Gasteiger partial charge in [0.05, 0.1) is 6.04 Å². The molecule has 1 aromatic rings. The highest BCUT2D eigenvalue weighted by atomic mass is 16.1. The molecule has 1 heterocycles. The first-order valence-corrected chi connectivity index (χ1v) is 6.52. The number of ketones is 1. The van der Waals surface area contributed by atoms with E-state index in [4.69, 9.17) is 0 Å². The standard InChI is InChI=1S/C16H17NO/c1-11-5-2-3-6-12(11)15-10-9-13-14(17-15)7-4-8-16(13)18/h2-3,5-6,9-10,15,17H,4,7-8H2,1H3/t15-/m0/s1. The third kappa shape index (κ3) is 1.88. The van der Waals surface area contributed by atoms with Gasteiger partial charge >= 0.3 is 0 Å². The molecule has 18 heavy (non-hydrogen) atoms. The van der Waals surface area contributed by atoms with Crippen molar-refractivity contribution in [3.05, 3.63) is 58.8 Å². The molecule has 1 N–H and O–H groups in total. The van der Waals surface area contributed by atoms with Gasteiger partial charge in [0.1, 0.15) is 0 Å². The molecule has 0 amide bonds. The van der Waals surface area contributed by atoms with E-state index in [2.05, 4.69) is 42.6 Å². The smallest absolute Gasteiger partial charge is 0.164 e. The van der Waals surface area contributed by atoms with E-state index in [0.717, 1.165) is 24.1 Å². The molecule has 0 fully saturated rings. The van der Waals surface area contributed by atoms with Crippen LogP contribution in [0.4, 0.5) is 0 Å². The number of dihydropyridines is 1. The van der Waals surface area contributed by atoms with Crippen LogP contribution in [0.1, 0.15) is 36.4 Å². The Bertz CT molecular complexity index is 554. The number of nitrogens with one attached hydrogen (secondary N) is 1. The first-order valence-electron chi connectivity index (χ1n) is 6.52. The second kappa shape index (κ2) is 4.45. The fourth-order valence-corrected chi connectivity index (χ4v) is 2.75. The number of hydrogen-bond acceptors (Lipinski definition) is 2. The quantitative estimate of drug-likeness (QED) is 0.815. The van der Waals surface area contributed by atoms with E-state index in [1.54, 1.807) is 0 Å². The van der Waals surface area contributed by atoms with Gasteiger partial charge in [-0.3, -0.25) is 4.79 Å². The minimum Gasteiger partial charge on any atom is -0.377 e. The van der Waals surface area contributed by atoms with E-state index in [9.17, 15) is 4.79 Å². The molecule has 0 spiro atoms. The summed E-state index contributed by atoms with van der Waals surface area (Å²) in [4.78, 5) is 11.8. The lowest BCUT2D eigenvalue weighted by molar-refractivity contribution is -0.115. The molecule has 2 aliphatic rings. The third-order valence-electron chi connectivity index (χ3n) is 3.76. The fraction of sp³-hybridized carbons (Fsp3) is 0.312. The summed E-state index contributed by atoms with van der Waals surface area (Å²) in [7, 11) is 0. The lowest BCUT2D eigenvalue weighted by Gasteiger charge is -2.28. The highest BCUT2D eigenvalue weighted by molar-refractivity contribution is 5.99. The van der Waals surface area contributed by atoms with E-state index in [-0.39, 0.29) is 11.8 Å². The van der Waals surface area contributed by atoms with Crippen molar-refractivity contribution in [3.8, 4) is 0 Å². The molecule has 1 aromatic carbocycles. The van der Waals surface area contributed by atoms with Crippen LogP contribution in [-0.2, 0) is 4.79 Å². The van der Waals surface area contributed by atoms with Gasteiger partial charge in [0.2, 0.25) is 0 Å². The molecule has 0 aromatic heterocycles. The maximum absolute atomic E-state index is 11.8. The highest BCUT2D eigenvalue weighted by Crippen LogP contribution is 2.30. The summed E-state index contributed by atoms with van der Waals surface area (Å²) in [5, 5.41) is 3.51. The van der Waals surface area contributed by atoms with E-state index >= 15 is 0 Å². The average Bonchev–Trinajstić information content (AvgIpc) is 2.39. The van der Waals surface area contributed by atoms with E-state index < -0.39 is 0 Å². The zero-order chi connectivity index (χ0) is 12.5. The first-order chi connectivity index (χ1) is 8.75. The van der Waals surface area contributed by atoms with Gasteiger partial charge in [0.15, 0.2) is 5.78 Å². The van der Waals surface area contributed by atoms with Crippen LogP contribution in [0.15, 0.2) is 47.7 Å². The van der Waals surface area contributed by atoms with Crippen molar-refractivity contribution in [2.24, 2.45) is 0 Å². The topological polar surface area (TPSA) is 29.1 Å². The van der Waals surface area contributed by atoms with Crippen LogP contribution >= 0.6 is 0 Å². The summed E-state index contributed by atoms with van der Waals surface area (Å²) in [5.74, 6) is 0.281. The van der Waals surface area contributed by atoms with Crippen LogP contribution < -0.4 is 5.32 Å². The van der Waals surface area contributed by atoms with Gasteiger partial charge in [-0.25, -0.2) is 0 Å². The van der Waals surface area contributed by atoms with E-state index in [0.29, 0.717) is 6.42 Å². The highest BCUT2D eigenvalue weighted by Gasteiger charge is 2.24. The largest absolute Gasteiger partial charge is 0.377 e. The molecule has 0 saturated heterocycles. The number of allylic oxidation sites excluding steroid dienone is 3. The van der Waals surface area contributed by atoms with Crippen LogP contribution in [0.5, 0.6) is 0 Å². The van der Waals surface area contributed by atoms with Crippen molar-refractivity contribution in [1.82, 2.24) is 5.32 Å². The maximum Gasteiger partial charge on any atom is 0.164 e. The average molecular weight is 239 g/mol. The molecule has 2 heteroatoms. The molecule has 1 aliphatic carbocycles. The Hall–Kier alpha value is -1.83. The Balaban J connectivity index is 1.91. The monoisotopic (exact) mass is 239 g/mol. The van der Waals surface area contributed by atoms with Crippen molar-refractivity contribution in [3.63, 3.8) is 0 Å². The van der Waals surface area contributed by atoms with Crippen LogP contribution in [0.25, 0.3) is 0 Å². The maximum atomic E-state index is 11.8. The molecular weight excluding hydrogens is 222 g/mol. The molecular formula is C16H17NO. The Morgan fingerprint density at radius 2 is 2.06 bits per heavy atom. The van der Waals surface area contributed by atoms with Gasteiger partial charge in [-0.05, 0) is 30.9 Å². The first kappa shape index (κ1) is 11.3. The normalized spacial score (nSPS) is 22.7. The Morgan fingerprint density at radius 3 is 2.89 bits per heavy atom. The molecule has 3 rings (SSSR count). The fourth-order valence-electron chi connectivity index (χ4n) is 2.75. The van der Waals surface area contributed by atoms with Crippen LogP contribution in [0, 0.1) is 6.92 Å². The van der Waals surface area contributed by atoms with Crippen molar-refractivity contribution in [2.75, 3.05) is 0 Å². The second-order valence-corrected chi connectivity index (χ2v) is 5.01. The van der Waals surface area contributed by atoms with Gasteiger partial charge in [-0.15, -0.1) is 0 Å². The lowest BCUT2D eigenvalue weighted by atomic mass is 9.89. The Labute approximate surface area is 107 Å². The second-order valence-electron chi connectivity index (χ2n) is 5.01. The zero-order valence-corrected chi connectivity index (χ0v) is 10.6. The summed E-state index contributed by atoms with van der Waals surface area (Å²) in [5.41, 5.74) is 4.59. The Kier molecular flexibility index (Phi) is 2.78. The molecule has 1 atom stereocenters. The number of aryl methyl sites for hydroxylation is 1.